The van der Waals surface area contributed by atoms with E-state index in [1.165, 1.54) is 0 Å². The quantitative estimate of drug-likeness (QED) is 0.809. The van der Waals surface area contributed by atoms with E-state index in [4.69, 9.17) is 0 Å². The second-order valence-electron chi connectivity index (χ2n) is 5.72. The SMILES string of the molecule is C=C(C)c1n[nH]c2c1CN(C(=O)C(C)(C)C)C2. The van der Waals surface area contributed by atoms with E-state index in [1.807, 2.05) is 32.6 Å². The van der Waals surface area contributed by atoms with Crippen LogP contribution in [0.4, 0.5) is 0 Å². The Balaban J connectivity index is 2.23. The number of aromatic amines is 1. The maximum atomic E-state index is 12.2. The number of aromatic nitrogens is 2. The van der Waals surface area contributed by atoms with Gasteiger partial charge in [-0.25, -0.2) is 0 Å². The van der Waals surface area contributed by atoms with Crippen molar-refractivity contribution in [1.29, 1.82) is 0 Å². The zero-order chi connectivity index (χ0) is 12.8. The first kappa shape index (κ1) is 11.9. The molecule has 1 N–H and O–H groups in total. The Hall–Kier alpha value is -1.58. The Bertz CT molecular complexity index is 479. The Morgan fingerprint density at radius 3 is 2.59 bits per heavy atom. The van der Waals surface area contributed by atoms with Gasteiger partial charge in [0, 0.05) is 11.0 Å². The van der Waals surface area contributed by atoms with Gasteiger partial charge >= 0.3 is 0 Å². The minimum absolute atomic E-state index is 0.176. The third-order valence-electron chi connectivity index (χ3n) is 2.98. The first-order valence-electron chi connectivity index (χ1n) is 5.82. The highest BCUT2D eigenvalue weighted by molar-refractivity contribution is 5.82. The van der Waals surface area contributed by atoms with E-state index < -0.39 is 0 Å². The van der Waals surface area contributed by atoms with Gasteiger partial charge in [-0.3, -0.25) is 9.89 Å². The van der Waals surface area contributed by atoms with Gasteiger partial charge in [0.1, 0.15) is 0 Å². The molecule has 17 heavy (non-hydrogen) atoms. The number of rotatable bonds is 1. The van der Waals surface area contributed by atoms with Crippen LogP contribution in [0.25, 0.3) is 5.57 Å². The molecule has 92 valence electrons. The third-order valence-corrected chi connectivity index (χ3v) is 2.98. The molecule has 0 aromatic carbocycles. The largest absolute Gasteiger partial charge is 0.332 e. The lowest BCUT2D eigenvalue weighted by Gasteiger charge is -2.25. The molecule has 4 nitrogen and oxygen atoms in total. The average Bonchev–Trinajstić information content (AvgIpc) is 2.71. The molecule has 0 unspecified atom stereocenters. The van der Waals surface area contributed by atoms with E-state index in [1.54, 1.807) is 0 Å². The van der Waals surface area contributed by atoms with Gasteiger partial charge in [0.15, 0.2) is 0 Å². The van der Waals surface area contributed by atoms with Gasteiger partial charge in [-0.05, 0) is 12.5 Å². The number of hydrogen-bond acceptors (Lipinski definition) is 2. The Morgan fingerprint density at radius 1 is 1.41 bits per heavy atom. The van der Waals surface area contributed by atoms with Gasteiger partial charge in [-0.15, -0.1) is 0 Å². The highest BCUT2D eigenvalue weighted by Gasteiger charge is 2.33. The van der Waals surface area contributed by atoms with Gasteiger partial charge in [0.2, 0.25) is 5.91 Å². The number of H-pyrrole nitrogens is 1. The lowest BCUT2D eigenvalue weighted by Crippen LogP contribution is -2.36. The molecule has 4 heteroatoms. The van der Waals surface area contributed by atoms with Crippen molar-refractivity contribution in [2.75, 3.05) is 0 Å². The smallest absolute Gasteiger partial charge is 0.228 e. The number of carbonyl (C=O) groups excluding carboxylic acids is 1. The van der Waals surface area contributed by atoms with E-state index in [9.17, 15) is 4.79 Å². The number of amides is 1. The molecule has 1 amide bonds. The van der Waals surface area contributed by atoms with Gasteiger partial charge in [-0.2, -0.15) is 5.10 Å². The van der Waals surface area contributed by atoms with Crippen LogP contribution in [0.5, 0.6) is 0 Å². The van der Waals surface area contributed by atoms with E-state index in [0.29, 0.717) is 13.1 Å². The van der Waals surface area contributed by atoms with Crippen molar-refractivity contribution in [1.82, 2.24) is 15.1 Å². The molecular formula is C13H19N3O. The number of nitrogens with zero attached hydrogens (tertiary/aromatic N) is 2. The van der Waals surface area contributed by atoms with Gasteiger partial charge in [0.05, 0.1) is 24.5 Å². The summed E-state index contributed by atoms with van der Waals surface area (Å²) >= 11 is 0. The summed E-state index contributed by atoms with van der Waals surface area (Å²) < 4.78 is 0. The van der Waals surface area contributed by atoms with E-state index in [-0.39, 0.29) is 11.3 Å². The number of allylic oxidation sites excluding steroid dienone is 1. The summed E-state index contributed by atoms with van der Waals surface area (Å²) in [6, 6.07) is 0. The third kappa shape index (κ3) is 1.99. The lowest BCUT2D eigenvalue weighted by molar-refractivity contribution is -0.140. The minimum atomic E-state index is -0.333. The van der Waals surface area contributed by atoms with E-state index in [0.717, 1.165) is 22.5 Å². The van der Waals surface area contributed by atoms with Crippen LogP contribution < -0.4 is 0 Å². The van der Waals surface area contributed by atoms with Gasteiger partial charge in [0.25, 0.3) is 0 Å². The molecule has 1 aromatic heterocycles. The zero-order valence-electron chi connectivity index (χ0n) is 10.9. The second-order valence-corrected chi connectivity index (χ2v) is 5.72. The summed E-state index contributed by atoms with van der Waals surface area (Å²) in [6.45, 7) is 12.9. The Morgan fingerprint density at radius 2 is 2.06 bits per heavy atom. The molecule has 0 radical (unpaired) electrons. The molecule has 1 aliphatic rings. The molecular weight excluding hydrogens is 214 g/mol. The summed E-state index contributed by atoms with van der Waals surface area (Å²) in [6.07, 6.45) is 0. The number of nitrogens with one attached hydrogen (secondary N) is 1. The van der Waals surface area contributed by atoms with Crippen molar-refractivity contribution in [3.05, 3.63) is 23.5 Å². The van der Waals surface area contributed by atoms with Crippen LogP contribution in [-0.2, 0) is 17.9 Å². The Kier molecular flexibility index (Phi) is 2.60. The predicted octanol–water partition coefficient (Wildman–Crippen LogP) is 2.33. The first-order valence-corrected chi connectivity index (χ1v) is 5.82. The molecule has 1 aliphatic heterocycles. The van der Waals surface area contributed by atoms with Crippen LogP contribution in [0.2, 0.25) is 0 Å². The van der Waals surface area contributed by atoms with Crippen molar-refractivity contribution in [2.24, 2.45) is 5.41 Å². The van der Waals surface area contributed by atoms with Crippen LogP contribution in [-0.4, -0.2) is 21.0 Å². The molecule has 0 spiro atoms. The van der Waals surface area contributed by atoms with Gasteiger partial charge < -0.3 is 4.90 Å². The standard InChI is InChI=1S/C13H19N3O/c1-8(2)11-9-6-16(7-10(9)14-15-11)12(17)13(3,4)5/h1,6-7H2,2-5H3,(H,14,15). The van der Waals surface area contributed by atoms with Crippen molar-refractivity contribution in [3.8, 4) is 0 Å². The highest BCUT2D eigenvalue weighted by Crippen LogP contribution is 2.30. The second kappa shape index (κ2) is 3.72. The number of carbonyl (C=O) groups is 1. The van der Waals surface area contributed by atoms with Crippen LogP contribution in [0.1, 0.15) is 44.6 Å². The molecule has 0 atom stereocenters. The fourth-order valence-corrected chi connectivity index (χ4v) is 2.11. The normalized spacial score (nSPS) is 14.9. The Labute approximate surface area is 102 Å². The fraction of sp³-hybridized carbons (Fsp3) is 0.538. The topological polar surface area (TPSA) is 49.0 Å². The summed E-state index contributed by atoms with van der Waals surface area (Å²) in [4.78, 5) is 14.1. The molecule has 0 fully saturated rings. The molecule has 2 heterocycles. The van der Waals surface area contributed by atoms with Gasteiger partial charge in [-0.1, -0.05) is 27.4 Å². The fourth-order valence-electron chi connectivity index (χ4n) is 2.11. The van der Waals surface area contributed by atoms with Crippen LogP contribution in [0.3, 0.4) is 0 Å². The predicted molar refractivity (Wildman–Crippen MR) is 67.0 cm³/mol. The van der Waals surface area contributed by atoms with E-state index >= 15 is 0 Å². The van der Waals surface area contributed by atoms with Crippen LogP contribution in [0.15, 0.2) is 6.58 Å². The van der Waals surface area contributed by atoms with Crippen LogP contribution in [0, 0.1) is 5.41 Å². The molecule has 0 saturated carbocycles. The van der Waals surface area contributed by atoms with Crippen LogP contribution >= 0.6 is 0 Å². The highest BCUT2D eigenvalue weighted by atomic mass is 16.2. The zero-order valence-corrected chi connectivity index (χ0v) is 10.9. The lowest BCUT2D eigenvalue weighted by atomic mass is 9.95. The molecule has 0 aliphatic carbocycles. The molecule has 2 rings (SSSR count). The number of hydrogen-bond donors (Lipinski definition) is 1. The molecule has 0 saturated heterocycles. The summed E-state index contributed by atoms with van der Waals surface area (Å²) in [5.74, 6) is 0.176. The summed E-state index contributed by atoms with van der Waals surface area (Å²) in [5, 5.41) is 7.23. The van der Waals surface area contributed by atoms with Crippen molar-refractivity contribution >= 4 is 11.5 Å². The summed E-state index contributed by atoms with van der Waals surface area (Å²) in [5.41, 5.74) is 3.67. The van der Waals surface area contributed by atoms with Crippen molar-refractivity contribution < 1.29 is 4.79 Å². The molecule has 0 bridgehead atoms. The summed E-state index contributed by atoms with van der Waals surface area (Å²) in [7, 11) is 0. The monoisotopic (exact) mass is 233 g/mol. The van der Waals surface area contributed by atoms with E-state index in [2.05, 4.69) is 16.8 Å². The average molecular weight is 233 g/mol. The molecule has 1 aromatic rings. The maximum Gasteiger partial charge on any atom is 0.228 e. The number of fused-ring (bicyclic) bond motifs is 1. The maximum absolute atomic E-state index is 12.2. The van der Waals surface area contributed by atoms with Crippen molar-refractivity contribution in [2.45, 2.75) is 40.8 Å². The van der Waals surface area contributed by atoms with Crippen molar-refractivity contribution in [3.63, 3.8) is 0 Å². The first-order chi connectivity index (χ1) is 7.80. The minimum Gasteiger partial charge on any atom is -0.332 e.